The van der Waals surface area contributed by atoms with Crippen molar-refractivity contribution in [3.05, 3.63) is 58.4 Å². The summed E-state index contributed by atoms with van der Waals surface area (Å²) in [5, 5.41) is 3.00. The predicted molar refractivity (Wildman–Crippen MR) is 122 cm³/mol. The van der Waals surface area contributed by atoms with Crippen molar-refractivity contribution in [1.82, 2.24) is 15.2 Å². The molecule has 1 aromatic heterocycles. The minimum Gasteiger partial charge on any atom is -0.461 e. The first-order valence-electron chi connectivity index (χ1n) is 11.3. The number of benzene rings is 1. The minimum absolute atomic E-state index is 0.00255. The van der Waals surface area contributed by atoms with E-state index in [1.165, 1.54) is 0 Å². The topological polar surface area (TPSA) is 91.5 Å². The number of hydrogen-bond donors (Lipinski definition) is 2. The van der Waals surface area contributed by atoms with Crippen LogP contribution in [0.1, 0.15) is 59.1 Å². The van der Waals surface area contributed by atoms with E-state index in [4.69, 9.17) is 4.74 Å². The molecule has 0 spiro atoms. The smallest absolute Gasteiger partial charge is 0.355 e. The van der Waals surface area contributed by atoms with Crippen molar-refractivity contribution < 1.29 is 19.1 Å². The Labute approximate surface area is 189 Å². The number of H-pyrrole nitrogens is 1. The summed E-state index contributed by atoms with van der Waals surface area (Å²) < 4.78 is 5.10. The van der Waals surface area contributed by atoms with Crippen LogP contribution in [0.5, 0.6) is 0 Å². The van der Waals surface area contributed by atoms with E-state index in [9.17, 15) is 14.4 Å². The Hall–Kier alpha value is -3.09. The average molecular weight is 440 g/mol. The van der Waals surface area contributed by atoms with Crippen molar-refractivity contribution in [2.45, 2.75) is 53.0 Å². The van der Waals surface area contributed by atoms with Crippen molar-refractivity contribution in [1.29, 1.82) is 0 Å². The van der Waals surface area contributed by atoms with E-state index in [1.807, 2.05) is 44.2 Å². The zero-order valence-corrected chi connectivity index (χ0v) is 19.2. The Morgan fingerprint density at radius 3 is 2.66 bits per heavy atom. The summed E-state index contributed by atoms with van der Waals surface area (Å²) in [6.45, 7) is 7.51. The predicted octanol–water partition coefficient (Wildman–Crippen LogP) is 3.30. The summed E-state index contributed by atoms with van der Waals surface area (Å²) in [5.74, 6) is -0.500. The number of aromatic amines is 1. The molecule has 7 heteroatoms. The second-order valence-corrected chi connectivity index (χ2v) is 8.33. The minimum atomic E-state index is -0.369. The SMILES string of the molecule is CCOC(=O)c1[nH]c(C)c(CCC(=O)N2CCC[C@@H](C(=O)NCc3ccccc3)C2)c1C. The number of nitrogens with one attached hydrogen (secondary N) is 2. The summed E-state index contributed by atoms with van der Waals surface area (Å²) in [6, 6.07) is 9.81. The van der Waals surface area contributed by atoms with Gasteiger partial charge in [0.25, 0.3) is 0 Å². The number of carbonyl (C=O) groups is 3. The lowest BCUT2D eigenvalue weighted by atomic mass is 9.96. The van der Waals surface area contributed by atoms with Gasteiger partial charge in [-0.05, 0) is 56.7 Å². The Morgan fingerprint density at radius 1 is 1.19 bits per heavy atom. The van der Waals surface area contributed by atoms with E-state index in [-0.39, 0.29) is 23.7 Å². The van der Waals surface area contributed by atoms with Gasteiger partial charge in [0.05, 0.1) is 12.5 Å². The maximum atomic E-state index is 12.9. The highest BCUT2D eigenvalue weighted by atomic mass is 16.5. The van der Waals surface area contributed by atoms with Crippen LogP contribution in [0.4, 0.5) is 0 Å². The molecule has 2 N–H and O–H groups in total. The van der Waals surface area contributed by atoms with Gasteiger partial charge in [-0.1, -0.05) is 30.3 Å². The number of rotatable bonds is 8. The molecule has 0 saturated carbocycles. The number of amides is 2. The molecule has 172 valence electrons. The van der Waals surface area contributed by atoms with Gasteiger partial charge in [0.1, 0.15) is 5.69 Å². The molecule has 2 heterocycles. The number of carbonyl (C=O) groups excluding carboxylic acids is 3. The van der Waals surface area contributed by atoms with E-state index < -0.39 is 0 Å². The van der Waals surface area contributed by atoms with Crippen LogP contribution < -0.4 is 5.32 Å². The standard InChI is InChI=1S/C25H33N3O4/c1-4-32-25(31)23-17(2)21(18(3)27-23)12-13-22(29)28-14-8-11-20(16-28)24(30)26-15-19-9-6-5-7-10-19/h5-7,9-10,20,27H,4,8,11-16H2,1-3H3,(H,26,30)/t20-/m1/s1. The second kappa shape index (κ2) is 11.0. The molecular weight excluding hydrogens is 406 g/mol. The molecule has 2 aromatic rings. The number of esters is 1. The number of ether oxygens (including phenoxy) is 1. The maximum absolute atomic E-state index is 12.9. The molecule has 1 aliphatic rings. The second-order valence-electron chi connectivity index (χ2n) is 8.33. The number of likely N-dealkylation sites (tertiary alicyclic amines) is 1. The number of aryl methyl sites for hydroxylation is 1. The third kappa shape index (κ3) is 5.78. The van der Waals surface area contributed by atoms with Crippen LogP contribution in [0.25, 0.3) is 0 Å². The lowest BCUT2D eigenvalue weighted by molar-refractivity contribution is -0.135. The molecule has 7 nitrogen and oxygen atoms in total. The zero-order valence-electron chi connectivity index (χ0n) is 19.2. The molecule has 1 atom stereocenters. The van der Waals surface area contributed by atoms with Crippen molar-refractivity contribution >= 4 is 17.8 Å². The largest absolute Gasteiger partial charge is 0.461 e. The zero-order chi connectivity index (χ0) is 23.1. The van der Waals surface area contributed by atoms with E-state index >= 15 is 0 Å². The van der Waals surface area contributed by atoms with Crippen molar-refractivity contribution in [3.63, 3.8) is 0 Å². The van der Waals surface area contributed by atoms with Gasteiger partial charge in [0.2, 0.25) is 11.8 Å². The summed E-state index contributed by atoms with van der Waals surface area (Å²) in [4.78, 5) is 42.5. The first-order chi connectivity index (χ1) is 15.4. The van der Waals surface area contributed by atoms with Crippen molar-refractivity contribution in [2.24, 2.45) is 5.92 Å². The third-order valence-electron chi connectivity index (χ3n) is 6.12. The fourth-order valence-corrected chi connectivity index (χ4v) is 4.31. The molecule has 0 aliphatic carbocycles. The third-order valence-corrected chi connectivity index (χ3v) is 6.12. The maximum Gasteiger partial charge on any atom is 0.355 e. The lowest BCUT2D eigenvalue weighted by Gasteiger charge is -2.32. The van der Waals surface area contributed by atoms with Crippen molar-refractivity contribution in [3.8, 4) is 0 Å². The molecule has 0 radical (unpaired) electrons. The molecule has 1 saturated heterocycles. The van der Waals surface area contributed by atoms with Crippen LogP contribution >= 0.6 is 0 Å². The highest BCUT2D eigenvalue weighted by Gasteiger charge is 2.28. The van der Waals surface area contributed by atoms with Gasteiger partial charge in [-0.3, -0.25) is 9.59 Å². The summed E-state index contributed by atoms with van der Waals surface area (Å²) >= 11 is 0. The van der Waals surface area contributed by atoms with Gasteiger partial charge >= 0.3 is 5.97 Å². The molecule has 2 amide bonds. The van der Waals surface area contributed by atoms with Gasteiger partial charge in [0.15, 0.2) is 0 Å². The monoisotopic (exact) mass is 439 g/mol. The first-order valence-corrected chi connectivity index (χ1v) is 11.3. The quantitative estimate of drug-likeness (QED) is 0.618. The molecule has 0 unspecified atom stereocenters. The molecule has 3 rings (SSSR count). The van der Waals surface area contributed by atoms with Crippen LogP contribution in [-0.4, -0.2) is 47.4 Å². The van der Waals surface area contributed by atoms with Crippen LogP contribution in [0.15, 0.2) is 30.3 Å². The van der Waals surface area contributed by atoms with Gasteiger partial charge in [-0.15, -0.1) is 0 Å². The molecule has 0 bridgehead atoms. The van der Waals surface area contributed by atoms with Gasteiger partial charge in [-0.2, -0.15) is 0 Å². The normalized spacial score (nSPS) is 16.0. The van der Waals surface area contributed by atoms with E-state index in [1.54, 1.807) is 11.8 Å². The van der Waals surface area contributed by atoms with Crippen LogP contribution in [0.3, 0.4) is 0 Å². The summed E-state index contributed by atoms with van der Waals surface area (Å²) in [5.41, 5.74) is 4.22. The summed E-state index contributed by atoms with van der Waals surface area (Å²) in [6.07, 6.45) is 2.52. The number of nitrogens with zero attached hydrogens (tertiary/aromatic N) is 1. The average Bonchev–Trinajstić information content (AvgIpc) is 3.10. The fraction of sp³-hybridized carbons (Fsp3) is 0.480. The Balaban J connectivity index is 1.53. The Kier molecular flexibility index (Phi) is 8.09. The van der Waals surface area contributed by atoms with E-state index in [0.29, 0.717) is 44.8 Å². The van der Waals surface area contributed by atoms with Gasteiger partial charge < -0.3 is 19.9 Å². The molecule has 1 fully saturated rings. The molecule has 1 aromatic carbocycles. The van der Waals surface area contributed by atoms with E-state index in [2.05, 4.69) is 10.3 Å². The van der Waals surface area contributed by atoms with E-state index in [0.717, 1.165) is 35.2 Å². The highest BCUT2D eigenvalue weighted by molar-refractivity contribution is 5.90. The highest BCUT2D eigenvalue weighted by Crippen LogP contribution is 2.22. The summed E-state index contributed by atoms with van der Waals surface area (Å²) in [7, 11) is 0. The number of aromatic nitrogens is 1. The van der Waals surface area contributed by atoms with Gasteiger partial charge in [-0.25, -0.2) is 4.79 Å². The molecule has 32 heavy (non-hydrogen) atoms. The fourth-order valence-electron chi connectivity index (χ4n) is 4.31. The van der Waals surface area contributed by atoms with Crippen LogP contribution in [-0.2, 0) is 27.3 Å². The van der Waals surface area contributed by atoms with Crippen LogP contribution in [0, 0.1) is 19.8 Å². The first kappa shape index (κ1) is 23.6. The lowest BCUT2D eigenvalue weighted by Crippen LogP contribution is -2.45. The Morgan fingerprint density at radius 2 is 1.94 bits per heavy atom. The van der Waals surface area contributed by atoms with Crippen LogP contribution in [0.2, 0.25) is 0 Å². The van der Waals surface area contributed by atoms with Crippen molar-refractivity contribution in [2.75, 3.05) is 19.7 Å². The molecule has 1 aliphatic heterocycles. The number of piperidine rings is 1. The Bertz CT molecular complexity index is 952. The molecular formula is C25H33N3O4. The number of hydrogen-bond acceptors (Lipinski definition) is 4. The van der Waals surface area contributed by atoms with Gasteiger partial charge in [0, 0.05) is 31.7 Å².